The summed E-state index contributed by atoms with van der Waals surface area (Å²) in [4.78, 5) is 16.7. The van der Waals surface area contributed by atoms with Crippen molar-refractivity contribution in [2.45, 2.75) is 45.1 Å². The summed E-state index contributed by atoms with van der Waals surface area (Å²) in [5.41, 5.74) is 0. The Morgan fingerprint density at radius 2 is 2.00 bits per heavy atom. The number of nitrogens with one attached hydrogen (secondary N) is 1. The number of nitrogens with zero attached hydrogens (tertiary/aromatic N) is 2. The first-order chi connectivity index (χ1) is 8.81. The van der Waals surface area contributed by atoms with E-state index in [1.165, 1.54) is 32.1 Å². The topological polar surface area (TPSA) is 35.6 Å². The number of amides is 1. The Bertz CT molecular complexity index is 262. The maximum atomic E-state index is 12.3. The number of carbonyl (C=O) groups is 1. The van der Waals surface area contributed by atoms with Crippen molar-refractivity contribution in [2.24, 2.45) is 0 Å². The molecule has 104 valence electrons. The minimum absolute atomic E-state index is 0.333. The number of hydrogen-bond acceptors (Lipinski definition) is 3. The Morgan fingerprint density at radius 1 is 1.22 bits per heavy atom. The van der Waals surface area contributed by atoms with Gasteiger partial charge in [0.2, 0.25) is 5.91 Å². The zero-order valence-corrected chi connectivity index (χ0v) is 11.7. The van der Waals surface area contributed by atoms with Gasteiger partial charge in [-0.2, -0.15) is 0 Å². The van der Waals surface area contributed by atoms with Gasteiger partial charge in [-0.05, 0) is 25.8 Å². The second-order valence-corrected chi connectivity index (χ2v) is 5.54. The van der Waals surface area contributed by atoms with Crippen molar-refractivity contribution in [3.63, 3.8) is 0 Å². The first-order valence-corrected chi connectivity index (χ1v) is 7.54. The molecule has 0 aromatic heterocycles. The van der Waals surface area contributed by atoms with Gasteiger partial charge in [-0.15, -0.1) is 0 Å². The molecule has 0 bridgehead atoms. The predicted octanol–water partition coefficient (Wildman–Crippen LogP) is 1.07. The van der Waals surface area contributed by atoms with Crippen LogP contribution in [-0.2, 0) is 4.79 Å². The van der Waals surface area contributed by atoms with Crippen LogP contribution < -0.4 is 5.32 Å². The van der Waals surface area contributed by atoms with Crippen molar-refractivity contribution >= 4 is 5.91 Å². The molecular formula is C14H27N3O. The molecule has 0 aromatic carbocycles. The molecule has 18 heavy (non-hydrogen) atoms. The zero-order valence-electron chi connectivity index (χ0n) is 11.7. The molecule has 1 N–H and O–H groups in total. The summed E-state index contributed by atoms with van der Waals surface area (Å²) in [5, 5.41) is 3.29. The Morgan fingerprint density at radius 3 is 2.72 bits per heavy atom. The van der Waals surface area contributed by atoms with Crippen LogP contribution in [0.5, 0.6) is 0 Å². The van der Waals surface area contributed by atoms with Gasteiger partial charge in [0, 0.05) is 32.2 Å². The first kappa shape index (κ1) is 13.8. The molecule has 1 amide bonds. The molecule has 2 fully saturated rings. The second kappa shape index (κ2) is 7.10. The fourth-order valence-electron chi connectivity index (χ4n) is 3.12. The van der Waals surface area contributed by atoms with Gasteiger partial charge < -0.3 is 10.2 Å². The molecule has 1 atom stereocenters. The van der Waals surface area contributed by atoms with Crippen molar-refractivity contribution < 1.29 is 4.79 Å². The Kier molecular flexibility index (Phi) is 5.45. The molecule has 0 saturated carbocycles. The van der Waals surface area contributed by atoms with Crippen LogP contribution in [0.1, 0.15) is 39.0 Å². The highest BCUT2D eigenvalue weighted by Gasteiger charge is 2.25. The van der Waals surface area contributed by atoms with Crippen molar-refractivity contribution in [2.75, 3.05) is 39.3 Å². The van der Waals surface area contributed by atoms with E-state index in [9.17, 15) is 4.79 Å². The molecule has 0 aliphatic carbocycles. The van der Waals surface area contributed by atoms with Gasteiger partial charge in [-0.25, -0.2) is 0 Å². The summed E-state index contributed by atoms with van der Waals surface area (Å²) < 4.78 is 0. The lowest BCUT2D eigenvalue weighted by Crippen LogP contribution is -2.51. The summed E-state index contributed by atoms with van der Waals surface area (Å²) in [5.74, 6) is 0.333. The lowest BCUT2D eigenvalue weighted by molar-refractivity contribution is -0.134. The van der Waals surface area contributed by atoms with Crippen LogP contribution >= 0.6 is 0 Å². The zero-order chi connectivity index (χ0) is 12.8. The lowest BCUT2D eigenvalue weighted by atomic mass is 9.98. The highest BCUT2D eigenvalue weighted by molar-refractivity contribution is 5.78. The average molecular weight is 253 g/mol. The molecule has 2 aliphatic rings. The van der Waals surface area contributed by atoms with Crippen molar-refractivity contribution in [1.82, 2.24) is 15.1 Å². The third kappa shape index (κ3) is 3.69. The van der Waals surface area contributed by atoms with Crippen LogP contribution in [0, 0.1) is 0 Å². The van der Waals surface area contributed by atoms with Gasteiger partial charge in [-0.3, -0.25) is 9.69 Å². The van der Waals surface area contributed by atoms with E-state index in [1.807, 2.05) is 4.90 Å². The fraction of sp³-hybridized carbons (Fsp3) is 0.929. The number of piperazine rings is 1. The van der Waals surface area contributed by atoms with Gasteiger partial charge in [0.25, 0.3) is 0 Å². The molecule has 2 aliphatic heterocycles. The molecule has 2 saturated heterocycles. The van der Waals surface area contributed by atoms with E-state index in [-0.39, 0.29) is 0 Å². The standard InChI is InChI=1S/C14H27N3O/c1-2-5-13-6-3-4-9-17(13)12-14(18)16-10-7-15-8-11-16/h13,15H,2-12H2,1H3. The quantitative estimate of drug-likeness (QED) is 0.814. The van der Waals surface area contributed by atoms with E-state index in [0.717, 1.165) is 32.7 Å². The third-order valence-electron chi connectivity index (χ3n) is 4.18. The molecule has 2 heterocycles. The summed E-state index contributed by atoms with van der Waals surface area (Å²) in [6.07, 6.45) is 6.35. The molecule has 4 nitrogen and oxygen atoms in total. The van der Waals surface area contributed by atoms with Gasteiger partial charge in [-0.1, -0.05) is 19.8 Å². The van der Waals surface area contributed by atoms with Gasteiger partial charge in [0.1, 0.15) is 0 Å². The molecule has 0 spiro atoms. The monoisotopic (exact) mass is 253 g/mol. The van der Waals surface area contributed by atoms with Crippen LogP contribution in [0.25, 0.3) is 0 Å². The average Bonchev–Trinajstić information content (AvgIpc) is 2.42. The number of carbonyl (C=O) groups excluding carboxylic acids is 1. The van der Waals surface area contributed by atoms with Crippen molar-refractivity contribution in [3.8, 4) is 0 Å². The normalized spacial score (nSPS) is 26.3. The number of rotatable bonds is 4. The maximum absolute atomic E-state index is 12.3. The molecule has 1 unspecified atom stereocenters. The van der Waals surface area contributed by atoms with E-state index < -0.39 is 0 Å². The summed E-state index contributed by atoms with van der Waals surface area (Å²) in [6.45, 7) is 7.66. The van der Waals surface area contributed by atoms with E-state index in [0.29, 0.717) is 18.5 Å². The second-order valence-electron chi connectivity index (χ2n) is 5.54. The molecular weight excluding hydrogens is 226 g/mol. The van der Waals surface area contributed by atoms with E-state index in [4.69, 9.17) is 0 Å². The molecule has 2 rings (SSSR count). The molecule has 0 radical (unpaired) electrons. The Labute approximate surface area is 111 Å². The van der Waals surface area contributed by atoms with Gasteiger partial charge >= 0.3 is 0 Å². The third-order valence-corrected chi connectivity index (χ3v) is 4.18. The molecule has 4 heteroatoms. The highest BCUT2D eigenvalue weighted by atomic mass is 16.2. The van der Waals surface area contributed by atoms with E-state index in [2.05, 4.69) is 17.1 Å². The van der Waals surface area contributed by atoms with Crippen LogP contribution in [0.15, 0.2) is 0 Å². The summed E-state index contributed by atoms with van der Waals surface area (Å²) in [6, 6.07) is 0.649. The SMILES string of the molecule is CCCC1CCCCN1CC(=O)N1CCNCC1. The fourth-order valence-corrected chi connectivity index (χ4v) is 3.12. The largest absolute Gasteiger partial charge is 0.339 e. The van der Waals surface area contributed by atoms with Gasteiger partial charge in [0.05, 0.1) is 6.54 Å². The van der Waals surface area contributed by atoms with Crippen molar-refractivity contribution in [3.05, 3.63) is 0 Å². The van der Waals surface area contributed by atoms with Crippen LogP contribution in [0.4, 0.5) is 0 Å². The van der Waals surface area contributed by atoms with Crippen LogP contribution in [-0.4, -0.2) is 61.0 Å². The van der Waals surface area contributed by atoms with Crippen LogP contribution in [0.2, 0.25) is 0 Å². The summed E-state index contributed by atoms with van der Waals surface area (Å²) >= 11 is 0. The number of hydrogen-bond donors (Lipinski definition) is 1. The Hall–Kier alpha value is -0.610. The Balaban J connectivity index is 1.83. The van der Waals surface area contributed by atoms with Gasteiger partial charge in [0.15, 0.2) is 0 Å². The first-order valence-electron chi connectivity index (χ1n) is 7.54. The number of likely N-dealkylation sites (tertiary alicyclic amines) is 1. The summed E-state index contributed by atoms with van der Waals surface area (Å²) in [7, 11) is 0. The van der Waals surface area contributed by atoms with E-state index >= 15 is 0 Å². The number of piperidine rings is 1. The van der Waals surface area contributed by atoms with Crippen molar-refractivity contribution in [1.29, 1.82) is 0 Å². The van der Waals surface area contributed by atoms with E-state index in [1.54, 1.807) is 0 Å². The lowest BCUT2D eigenvalue weighted by Gasteiger charge is -2.37. The highest BCUT2D eigenvalue weighted by Crippen LogP contribution is 2.20. The predicted molar refractivity (Wildman–Crippen MR) is 73.6 cm³/mol. The maximum Gasteiger partial charge on any atom is 0.236 e. The van der Waals surface area contributed by atoms with Crippen LogP contribution in [0.3, 0.4) is 0 Å². The smallest absolute Gasteiger partial charge is 0.236 e. The minimum Gasteiger partial charge on any atom is -0.339 e. The minimum atomic E-state index is 0.333. The molecule has 0 aromatic rings.